The van der Waals surface area contributed by atoms with Gasteiger partial charge in [0.15, 0.2) is 5.65 Å². The molecular formula is C21H24N6O3. The Bertz CT molecular complexity index is 1010. The number of H-pyrrole nitrogens is 1. The summed E-state index contributed by atoms with van der Waals surface area (Å²) in [5, 5.41) is 12.0. The smallest absolute Gasteiger partial charge is 0.255 e. The summed E-state index contributed by atoms with van der Waals surface area (Å²) in [6, 6.07) is 1.55. The number of nitrogens with zero attached hydrogens (tertiary/aromatic N) is 4. The highest BCUT2D eigenvalue weighted by Gasteiger charge is 2.39. The molecule has 2 aromatic rings. The van der Waals surface area contributed by atoms with Crippen molar-refractivity contribution in [2.75, 3.05) is 26.3 Å². The predicted octanol–water partition coefficient (Wildman–Crippen LogP) is 1.34. The summed E-state index contributed by atoms with van der Waals surface area (Å²) in [4.78, 5) is 40.0. The molecule has 2 aliphatic heterocycles. The van der Waals surface area contributed by atoms with Gasteiger partial charge in [-0.25, -0.2) is 9.97 Å². The summed E-state index contributed by atoms with van der Waals surface area (Å²) in [7, 11) is 0. The van der Waals surface area contributed by atoms with Crippen LogP contribution in [0.3, 0.4) is 0 Å². The molecule has 0 radical (unpaired) electrons. The van der Waals surface area contributed by atoms with E-state index in [2.05, 4.69) is 26.3 Å². The number of aromatic amines is 1. The van der Waals surface area contributed by atoms with Crippen LogP contribution in [-0.4, -0.2) is 64.0 Å². The van der Waals surface area contributed by atoms with Gasteiger partial charge in [0.25, 0.3) is 5.91 Å². The van der Waals surface area contributed by atoms with Crippen LogP contribution >= 0.6 is 0 Å². The monoisotopic (exact) mass is 408 g/mol. The molecule has 9 heteroatoms. The van der Waals surface area contributed by atoms with Crippen LogP contribution in [-0.2, 0) is 9.53 Å². The van der Waals surface area contributed by atoms with Crippen LogP contribution < -0.4 is 5.32 Å². The number of nitriles is 1. The largest absolute Gasteiger partial charge is 0.381 e. The molecule has 156 valence electrons. The Morgan fingerprint density at radius 1 is 1.27 bits per heavy atom. The van der Waals surface area contributed by atoms with Crippen LogP contribution in [0.15, 0.2) is 12.4 Å². The van der Waals surface area contributed by atoms with E-state index in [0.29, 0.717) is 61.8 Å². The lowest BCUT2D eigenvalue weighted by Crippen LogP contribution is -2.59. The van der Waals surface area contributed by atoms with Gasteiger partial charge in [0, 0.05) is 38.4 Å². The van der Waals surface area contributed by atoms with Crippen molar-refractivity contribution in [1.82, 2.24) is 25.2 Å². The van der Waals surface area contributed by atoms with Gasteiger partial charge >= 0.3 is 0 Å². The molecule has 2 aromatic heterocycles. The maximum absolute atomic E-state index is 13.2. The van der Waals surface area contributed by atoms with Gasteiger partial charge in [0.1, 0.15) is 11.6 Å². The number of aromatic nitrogens is 3. The van der Waals surface area contributed by atoms with Crippen molar-refractivity contribution in [3.63, 3.8) is 0 Å². The molecule has 0 spiro atoms. The highest BCUT2D eigenvalue weighted by atomic mass is 16.5. The average Bonchev–Trinajstić information content (AvgIpc) is 3.50. The molecule has 1 atom stereocenters. The topological polar surface area (TPSA) is 124 Å². The zero-order valence-electron chi connectivity index (χ0n) is 16.6. The SMILES string of the molecule is N#CC1CN(C(=O)[C@H](NC(=O)c2c[nH]c3ncc(C4CC4)nc23)C2CCOCC2)C1. The van der Waals surface area contributed by atoms with Gasteiger partial charge in [0.2, 0.25) is 5.91 Å². The molecule has 3 fully saturated rings. The fourth-order valence-corrected chi connectivity index (χ4v) is 4.24. The standard InChI is InChI=1S/C21H24N6O3/c22-7-12-10-27(11-12)21(29)17(14-3-5-30-6-4-14)26-20(28)15-8-23-19-18(15)25-16(9-24-19)13-1-2-13/h8-9,12-14,17H,1-6,10-11H2,(H,23,24)(H,26,28)/t17-/m1/s1. The molecular weight excluding hydrogens is 384 g/mol. The molecule has 2 amide bonds. The minimum Gasteiger partial charge on any atom is -0.381 e. The third kappa shape index (κ3) is 3.52. The number of ether oxygens (including phenoxy) is 1. The number of nitrogens with one attached hydrogen (secondary N) is 2. The maximum Gasteiger partial charge on any atom is 0.255 e. The van der Waals surface area contributed by atoms with Crippen LogP contribution in [0, 0.1) is 23.2 Å². The fourth-order valence-electron chi connectivity index (χ4n) is 4.24. The van der Waals surface area contributed by atoms with Gasteiger partial charge in [-0.1, -0.05) is 0 Å². The highest BCUT2D eigenvalue weighted by molar-refractivity contribution is 6.06. The molecule has 30 heavy (non-hydrogen) atoms. The van der Waals surface area contributed by atoms with Crippen molar-refractivity contribution in [3.05, 3.63) is 23.7 Å². The van der Waals surface area contributed by atoms with E-state index in [9.17, 15) is 9.59 Å². The normalized spacial score (nSPS) is 21.1. The zero-order chi connectivity index (χ0) is 20.7. The van der Waals surface area contributed by atoms with Crippen LogP contribution in [0.5, 0.6) is 0 Å². The number of hydrogen-bond donors (Lipinski definition) is 2. The first-order chi connectivity index (χ1) is 14.6. The van der Waals surface area contributed by atoms with E-state index < -0.39 is 6.04 Å². The Morgan fingerprint density at radius 3 is 2.73 bits per heavy atom. The Balaban J connectivity index is 1.38. The Morgan fingerprint density at radius 2 is 2.03 bits per heavy atom. The van der Waals surface area contributed by atoms with Crippen molar-refractivity contribution < 1.29 is 14.3 Å². The van der Waals surface area contributed by atoms with Crippen LogP contribution in [0.1, 0.15) is 47.7 Å². The second kappa shape index (κ2) is 7.69. The summed E-state index contributed by atoms with van der Waals surface area (Å²) in [5.41, 5.74) is 2.43. The highest BCUT2D eigenvalue weighted by Crippen LogP contribution is 2.39. The van der Waals surface area contributed by atoms with Gasteiger partial charge < -0.3 is 19.9 Å². The summed E-state index contributed by atoms with van der Waals surface area (Å²) in [6.07, 6.45) is 7.01. The van der Waals surface area contributed by atoms with Crippen LogP contribution in [0.2, 0.25) is 0 Å². The second-order valence-corrected chi connectivity index (χ2v) is 8.44. The number of likely N-dealkylation sites (tertiary alicyclic amines) is 1. The van der Waals surface area contributed by atoms with Crippen molar-refractivity contribution in [3.8, 4) is 6.07 Å². The van der Waals surface area contributed by atoms with Gasteiger partial charge in [-0.05, 0) is 31.6 Å². The van der Waals surface area contributed by atoms with E-state index in [0.717, 1.165) is 18.5 Å². The lowest BCUT2D eigenvalue weighted by atomic mass is 9.89. The zero-order valence-corrected chi connectivity index (χ0v) is 16.6. The number of rotatable bonds is 5. The third-order valence-electron chi connectivity index (χ3n) is 6.31. The first kappa shape index (κ1) is 19.0. The fraction of sp³-hybridized carbons (Fsp3) is 0.571. The first-order valence-electron chi connectivity index (χ1n) is 10.5. The molecule has 0 aromatic carbocycles. The minimum atomic E-state index is -0.634. The molecule has 9 nitrogen and oxygen atoms in total. The summed E-state index contributed by atoms with van der Waals surface area (Å²) < 4.78 is 5.44. The molecule has 1 aliphatic carbocycles. The van der Waals surface area contributed by atoms with Gasteiger partial charge in [-0.15, -0.1) is 0 Å². The third-order valence-corrected chi connectivity index (χ3v) is 6.31. The summed E-state index contributed by atoms with van der Waals surface area (Å²) in [5.74, 6) is -0.125. The lowest BCUT2D eigenvalue weighted by molar-refractivity contribution is -0.140. The van der Waals surface area contributed by atoms with Crippen molar-refractivity contribution in [1.29, 1.82) is 5.26 Å². The Hall–Kier alpha value is -2.99. The van der Waals surface area contributed by atoms with E-state index in [1.807, 2.05) is 0 Å². The van der Waals surface area contributed by atoms with Crippen molar-refractivity contribution >= 4 is 23.0 Å². The first-order valence-corrected chi connectivity index (χ1v) is 10.5. The molecule has 1 saturated carbocycles. The molecule has 5 rings (SSSR count). The summed E-state index contributed by atoms with van der Waals surface area (Å²) >= 11 is 0. The van der Waals surface area contributed by atoms with Gasteiger partial charge in [-0.2, -0.15) is 5.26 Å². The van der Waals surface area contributed by atoms with E-state index in [4.69, 9.17) is 10.00 Å². The Kier molecular flexibility index (Phi) is 4.87. The second-order valence-electron chi connectivity index (χ2n) is 8.44. The number of carbonyl (C=O) groups is 2. The van der Waals surface area contributed by atoms with E-state index >= 15 is 0 Å². The predicted molar refractivity (Wildman–Crippen MR) is 106 cm³/mol. The quantitative estimate of drug-likeness (QED) is 0.769. The van der Waals surface area contributed by atoms with Gasteiger partial charge in [0.05, 0.1) is 29.4 Å². The maximum atomic E-state index is 13.2. The van der Waals surface area contributed by atoms with E-state index in [-0.39, 0.29) is 23.7 Å². The van der Waals surface area contributed by atoms with Crippen LogP contribution in [0.4, 0.5) is 0 Å². The van der Waals surface area contributed by atoms with Crippen molar-refractivity contribution in [2.45, 2.75) is 37.6 Å². The number of hydrogen-bond acceptors (Lipinski definition) is 6. The molecule has 0 unspecified atom stereocenters. The molecule has 0 bridgehead atoms. The van der Waals surface area contributed by atoms with Crippen molar-refractivity contribution in [2.24, 2.45) is 11.8 Å². The molecule has 4 heterocycles. The number of fused-ring (bicyclic) bond motifs is 1. The van der Waals surface area contributed by atoms with Gasteiger partial charge in [-0.3, -0.25) is 9.59 Å². The number of carbonyl (C=O) groups excluding carboxylic acids is 2. The Labute approximate surface area is 173 Å². The molecule has 2 N–H and O–H groups in total. The lowest BCUT2D eigenvalue weighted by Gasteiger charge is -2.40. The van der Waals surface area contributed by atoms with Crippen LogP contribution in [0.25, 0.3) is 11.2 Å². The minimum absolute atomic E-state index is 0.00894. The van der Waals surface area contributed by atoms with E-state index in [1.54, 1.807) is 17.3 Å². The van der Waals surface area contributed by atoms with E-state index in [1.165, 1.54) is 0 Å². The molecule has 2 saturated heterocycles. The number of amides is 2. The summed E-state index contributed by atoms with van der Waals surface area (Å²) in [6.45, 7) is 2.01. The average molecular weight is 408 g/mol. The molecule has 3 aliphatic rings.